The van der Waals surface area contributed by atoms with E-state index in [1.54, 1.807) is 24.3 Å². The monoisotopic (exact) mass is 356 g/mol. The van der Waals surface area contributed by atoms with Gasteiger partial charge in [-0.1, -0.05) is 18.6 Å². The van der Waals surface area contributed by atoms with Gasteiger partial charge in [0.2, 0.25) is 5.91 Å². The van der Waals surface area contributed by atoms with Gasteiger partial charge in [-0.15, -0.1) is 0 Å². The molecule has 2 fully saturated rings. The van der Waals surface area contributed by atoms with Gasteiger partial charge in [-0.2, -0.15) is 0 Å². The van der Waals surface area contributed by atoms with Crippen LogP contribution < -0.4 is 0 Å². The number of likely N-dealkylation sites (tertiary alicyclic amines) is 1. The Bertz CT molecular complexity index is 770. The van der Waals surface area contributed by atoms with Crippen LogP contribution in [0.25, 0.3) is 0 Å². The number of aliphatic carboxylic acids is 1. The minimum atomic E-state index is -0.978. The molecule has 3 atom stereocenters. The number of hydrogen-bond donors (Lipinski definition) is 1. The molecule has 0 unspecified atom stereocenters. The summed E-state index contributed by atoms with van der Waals surface area (Å²) in [6.45, 7) is -0.0224. The molecule has 1 aromatic carbocycles. The average molecular weight is 356 g/mol. The molecule has 2 heterocycles. The van der Waals surface area contributed by atoms with Crippen LogP contribution in [-0.4, -0.2) is 57.2 Å². The highest BCUT2D eigenvalue weighted by atomic mass is 16.4. The molecule has 3 amide bonds. The van der Waals surface area contributed by atoms with Crippen molar-refractivity contribution in [3.63, 3.8) is 0 Å². The maximum absolute atomic E-state index is 12.8. The summed E-state index contributed by atoms with van der Waals surface area (Å²) in [5.41, 5.74) is 0.704. The number of carbonyl (C=O) groups excluding carboxylic acids is 3. The molecule has 1 N–H and O–H groups in total. The second kappa shape index (κ2) is 6.23. The normalized spacial score (nSPS) is 27.0. The Labute approximate surface area is 150 Å². The first-order chi connectivity index (χ1) is 12.5. The minimum Gasteiger partial charge on any atom is -0.480 e. The van der Waals surface area contributed by atoms with Crippen LogP contribution >= 0.6 is 0 Å². The molecule has 1 aromatic rings. The quantitative estimate of drug-likeness (QED) is 0.826. The van der Waals surface area contributed by atoms with Crippen molar-refractivity contribution >= 4 is 23.7 Å². The molecule has 3 aliphatic rings. The van der Waals surface area contributed by atoms with Gasteiger partial charge in [-0.25, -0.2) is 4.79 Å². The van der Waals surface area contributed by atoms with Gasteiger partial charge < -0.3 is 10.0 Å². The van der Waals surface area contributed by atoms with Gasteiger partial charge in [0.1, 0.15) is 6.04 Å². The van der Waals surface area contributed by atoms with E-state index >= 15 is 0 Å². The molecule has 2 aliphatic heterocycles. The topological polar surface area (TPSA) is 95.0 Å². The lowest BCUT2D eigenvalue weighted by Crippen LogP contribution is -2.46. The minimum absolute atomic E-state index is 0.0224. The Morgan fingerprint density at radius 2 is 1.73 bits per heavy atom. The van der Waals surface area contributed by atoms with E-state index in [-0.39, 0.29) is 30.8 Å². The van der Waals surface area contributed by atoms with E-state index in [4.69, 9.17) is 0 Å². The Hall–Kier alpha value is -2.70. The van der Waals surface area contributed by atoms with Crippen molar-refractivity contribution < 1.29 is 24.3 Å². The van der Waals surface area contributed by atoms with Crippen LogP contribution in [0.15, 0.2) is 24.3 Å². The molecule has 26 heavy (non-hydrogen) atoms. The fraction of sp³-hybridized carbons (Fsp3) is 0.474. The van der Waals surface area contributed by atoms with Crippen molar-refractivity contribution in [2.24, 2.45) is 5.92 Å². The fourth-order valence-electron chi connectivity index (χ4n) is 4.65. The third kappa shape index (κ3) is 2.50. The standard InChI is InChI=1S/C19H20N2O5/c22-16(21-14-7-3-4-11(14)10-15(21)19(25)26)8-9-20-17(23)12-5-1-2-6-13(12)18(20)24/h1-2,5-6,11,14-15H,3-4,7-10H2,(H,25,26)/t11-,14-,15-/m0/s1. The molecule has 7 heteroatoms. The van der Waals surface area contributed by atoms with Gasteiger partial charge in [0.15, 0.2) is 0 Å². The molecule has 1 saturated heterocycles. The van der Waals surface area contributed by atoms with Gasteiger partial charge in [-0.3, -0.25) is 19.3 Å². The first-order valence-corrected chi connectivity index (χ1v) is 8.98. The van der Waals surface area contributed by atoms with Gasteiger partial charge in [-0.05, 0) is 37.3 Å². The molecule has 7 nitrogen and oxygen atoms in total. The second-order valence-electron chi connectivity index (χ2n) is 7.21. The molecule has 0 radical (unpaired) electrons. The lowest BCUT2D eigenvalue weighted by atomic mass is 10.0. The highest BCUT2D eigenvalue weighted by Gasteiger charge is 2.48. The zero-order valence-electron chi connectivity index (χ0n) is 14.3. The predicted molar refractivity (Wildman–Crippen MR) is 90.4 cm³/mol. The van der Waals surface area contributed by atoms with Gasteiger partial charge in [0.25, 0.3) is 11.8 Å². The first kappa shape index (κ1) is 16.8. The van der Waals surface area contributed by atoms with E-state index in [0.29, 0.717) is 17.5 Å². The van der Waals surface area contributed by atoms with Gasteiger partial charge >= 0.3 is 5.97 Å². The largest absolute Gasteiger partial charge is 0.480 e. The van der Waals surface area contributed by atoms with Crippen LogP contribution in [0.4, 0.5) is 0 Å². The molecule has 0 bridgehead atoms. The zero-order chi connectivity index (χ0) is 18.4. The van der Waals surface area contributed by atoms with Crippen molar-refractivity contribution in [2.75, 3.05) is 6.54 Å². The van der Waals surface area contributed by atoms with Crippen LogP contribution in [-0.2, 0) is 9.59 Å². The molecule has 4 rings (SSSR count). The third-order valence-corrected chi connectivity index (χ3v) is 5.84. The van der Waals surface area contributed by atoms with Crippen LogP contribution in [0.3, 0.4) is 0 Å². The summed E-state index contributed by atoms with van der Waals surface area (Å²) < 4.78 is 0. The number of hydrogen-bond acceptors (Lipinski definition) is 4. The molecule has 1 aliphatic carbocycles. The summed E-state index contributed by atoms with van der Waals surface area (Å²) in [6.07, 6.45) is 3.24. The zero-order valence-corrected chi connectivity index (χ0v) is 14.3. The number of rotatable bonds is 4. The summed E-state index contributed by atoms with van der Waals surface area (Å²) in [6, 6.07) is 5.77. The van der Waals surface area contributed by atoms with E-state index in [9.17, 15) is 24.3 Å². The van der Waals surface area contributed by atoms with Crippen molar-refractivity contribution in [3.8, 4) is 0 Å². The Morgan fingerprint density at radius 1 is 1.08 bits per heavy atom. The number of carbonyl (C=O) groups is 4. The molecular weight excluding hydrogens is 336 g/mol. The third-order valence-electron chi connectivity index (χ3n) is 5.84. The first-order valence-electron chi connectivity index (χ1n) is 8.98. The summed E-state index contributed by atoms with van der Waals surface area (Å²) in [7, 11) is 0. The van der Waals surface area contributed by atoms with Crippen LogP contribution in [0.2, 0.25) is 0 Å². The van der Waals surface area contributed by atoms with Crippen LogP contribution in [0, 0.1) is 5.92 Å². The van der Waals surface area contributed by atoms with Crippen LogP contribution in [0.5, 0.6) is 0 Å². The van der Waals surface area contributed by atoms with Crippen LogP contribution in [0.1, 0.15) is 52.8 Å². The Kier molecular flexibility index (Phi) is 4.01. The lowest BCUT2D eigenvalue weighted by Gasteiger charge is -2.28. The van der Waals surface area contributed by atoms with E-state index in [1.807, 2.05) is 0 Å². The van der Waals surface area contributed by atoms with Crippen molar-refractivity contribution in [1.29, 1.82) is 0 Å². The number of imide groups is 1. The smallest absolute Gasteiger partial charge is 0.326 e. The fourth-order valence-corrected chi connectivity index (χ4v) is 4.65. The average Bonchev–Trinajstić information content (AvgIpc) is 3.27. The Balaban J connectivity index is 1.46. The lowest BCUT2D eigenvalue weighted by molar-refractivity contribution is -0.149. The number of benzene rings is 1. The SMILES string of the molecule is O=C(O)[C@@H]1C[C@@H]2CCC[C@@H]2N1C(=O)CCN1C(=O)c2ccccc2C1=O. The van der Waals surface area contributed by atoms with E-state index in [1.165, 1.54) is 4.90 Å². The van der Waals surface area contributed by atoms with E-state index < -0.39 is 23.8 Å². The molecule has 136 valence electrons. The summed E-state index contributed by atoms with van der Waals surface area (Å²) in [4.78, 5) is 51.7. The molecule has 1 saturated carbocycles. The highest BCUT2D eigenvalue weighted by Crippen LogP contribution is 2.41. The van der Waals surface area contributed by atoms with Gasteiger partial charge in [0.05, 0.1) is 11.1 Å². The van der Waals surface area contributed by atoms with Crippen molar-refractivity contribution in [3.05, 3.63) is 35.4 Å². The van der Waals surface area contributed by atoms with Gasteiger partial charge in [0, 0.05) is 19.0 Å². The number of carboxylic acids is 1. The number of carboxylic acid groups (broad SMARTS) is 1. The molecule has 0 aromatic heterocycles. The summed E-state index contributed by atoms with van der Waals surface area (Å²) in [5.74, 6) is -1.81. The maximum atomic E-state index is 12.8. The van der Waals surface area contributed by atoms with Crippen molar-refractivity contribution in [1.82, 2.24) is 9.80 Å². The summed E-state index contributed by atoms with van der Waals surface area (Å²) in [5, 5.41) is 9.46. The number of nitrogens with zero attached hydrogens (tertiary/aromatic N) is 2. The van der Waals surface area contributed by atoms with E-state index in [0.717, 1.165) is 24.2 Å². The molecular formula is C19H20N2O5. The van der Waals surface area contributed by atoms with Crippen molar-refractivity contribution in [2.45, 2.75) is 44.2 Å². The second-order valence-corrected chi connectivity index (χ2v) is 7.21. The predicted octanol–water partition coefficient (Wildman–Crippen LogP) is 1.53. The highest BCUT2D eigenvalue weighted by molar-refractivity contribution is 6.21. The summed E-state index contributed by atoms with van der Waals surface area (Å²) >= 11 is 0. The Morgan fingerprint density at radius 3 is 2.35 bits per heavy atom. The molecule has 0 spiro atoms. The maximum Gasteiger partial charge on any atom is 0.326 e. The number of amides is 3. The van der Waals surface area contributed by atoms with E-state index in [2.05, 4.69) is 0 Å². The number of fused-ring (bicyclic) bond motifs is 2.